The van der Waals surface area contributed by atoms with Crippen molar-refractivity contribution in [1.29, 1.82) is 0 Å². The summed E-state index contributed by atoms with van der Waals surface area (Å²) >= 11 is 0. The number of carbonyl (C=O) groups excluding carboxylic acids is 1. The van der Waals surface area contributed by atoms with E-state index in [9.17, 15) is 15.0 Å². The van der Waals surface area contributed by atoms with Crippen molar-refractivity contribution in [2.75, 3.05) is 20.2 Å². The van der Waals surface area contributed by atoms with Gasteiger partial charge in [0.25, 0.3) is 0 Å². The smallest absolute Gasteiger partial charge is 0.308 e. The highest BCUT2D eigenvalue weighted by atomic mass is 16.5. The molecule has 0 radical (unpaired) electrons. The minimum Gasteiger partial charge on any atom is -0.508 e. The van der Waals surface area contributed by atoms with Crippen LogP contribution in [0.25, 0.3) is 0 Å². The molecule has 0 spiro atoms. The molecule has 1 aromatic rings. The van der Waals surface area contributed by atoms with Gasteiger partial charge in [0.05, 0.1) is 18.6 Å². The van der Waals surface area contributed by atoms with Crippen LogP contribution < -0.4 is 0 Å². The number of aromatic hydroxyl groups is 1. The molecular formula is C21H27NO4. The van der Waals surface area contributed by atoms with E-state index in [4.69, 9.17) is 4.74 Å². The number of benzene rings is 1. The first-order chi connectivity index (χ1) is 12.5. The van der Waals surface area contributed by atoms with Crippen molar-refractivity contribution in [2.24, 2.45) is 11.8 Å². The number of rotatable bonds is 3. The molecule has 1 heterocycles. The highest BCUT2D eigenvalue weighted by Crippen LogP contribution is 2.62. The van der Waals surface area contributed by atoms with Gasteiger partial charge >= 0.3 is 5.97 Å². The molecule has 4 unspecified atom stereocenters. The Morgan fingerprint density at radius 2 is 2.15 bits per heavy atom. The molecule has 2 saturated carbocycles. The number of ether oxygens (including phenoxy) is 1. The van der Waals surface area contributed by atoms with Gasteiger partial charge in [-0.3, -0.25) is 9.69 Å². The second kappa shape index (κ2) is 5.46. The van der Waals surface area contributed by atoms with Crippen LogP contribution in [-0.4, -0.2) is 52.9 Å². The van der Waals surface area contributed by atoms with Crippen LogP contribution in [0.2, 0.25) is 0 Å². The van der Waals surface area contributed by atoms with Crippen LogP contribution in [0.1, 0.15) is 43.2 Å². The summed E-state index contributed by atoms with van der Waals surface area (Å²) in [4.78, 5) is 14.8. The van der Waals surface area contributed by atoms with Gasteiger partial charge in [-0.1, -0.05) is 6.07 Å². The Morgan fingerprint density at radius 3 is 2.88 bits per heavy atom. The van der Waals surface area contributed by atoms with Gasteiger partial charge in [0.2, 0.25) is 0 Å². The first kappa shape index (κ1) is 16.6. The van der Waals surface area contributed by atoms with Gasteiger partial charge in [0, 0.05) is 18.0 Å². The fourth-order valence-corrected chi connectivity index (χ4v) is 6.16. The van der Waals surface area contributed by atoms with Crippen molar-refractivity contribution in [3.05, 3.63) is 29.3 Å². The number of phenols is 1. The van der Waals surface area contributed by atoms with Crippen LogP contribution >= 0.6 is 0 Å². The molecule has 1 aliphatic heterocycles. The Hall–Kier alpha value is -1.59. The molecule has 3 aliphatic carbocycles. The lowest BCUT2D eigenvalue weighted by Crippen LogP contribution is -2.69. The SMILES string of the molecule is COC(=O)C1CC23CCN(CC4CC4)C(Cc4ccc(O)cc42)C3(O)C1. The first-order valence-electron chi connectivity index (χ1n) is 9.83. The Kier molecular flexibility index (Phi) is 3.48. The van der Waals surface area contributed by atoms with Crippen molar-refractivity contribution >= 4 is 5.97 Å². The maximum absolute atomic E-state index is 12.3. The summed E-state index contributed by atoms with van der Waals surface area (Å²) < 4.78 is 5.03. The third-order valence-corrected chi connectivity index (χ3v) is 7.55. The number of carbonyl (C=O) groups is 1. The zero-order chi connectivity index (χ0) is 18.1. The van der Waals surface area contributed by atoms with E-state index < -0.39 is 11.0 Å². The third kappa shape index (κ3) is 2.13. The van der Waals surface area contributed by atoms with E-state index in [0.717, 1.165) is 37.4 Å². The monoisotopic (exact) mass is 357 g/mol. The van der Waals surface area contributed by atoms with Crippen LogP contribution in [0.5, 0.6) is 5.75 Å². The van der Waals surface area contributed by atoms with Crippen molar-refractivity contribution in [2.45, 2.75) is 55.6 Å². The first-order valence-corrected chi connectivity index (χ1v) is 9.83. The Morgan fingerprint density at radius 1 is 1.35 bits per heavy atom. The lowest BCUT2D eigenvalue weighted by molar-refractivity contribution is -0.147. The molecule has 0 aromatic heterocycles. The molecule has 1 aromatic carbocycles. The summed E-state index contributed by atoms with van der Waals surface area (Å²) in [5, 5.41) is 22.1. The Bertz CT molecular complexity index is 760. The maximum Gasteiger partial charge on any atom is 0.308 e. The van der Waals surface area contributed by atoms with E-state index in [1.165, 1.54) is 25.5 Å². The number of hydrogen-bond donors (Lipinski definition) is 2. The number of piperidine rings is 1. The summed E-state index contributed by atoms with van der Waals surface area (Å²) in [7, 11) is 1.43. The molecule has 4 atom stereocenters. The van der Waals surface area contributed by atoms with Crippen LogP contribution in [0.15, 0.2) is 18.2 Å². The van der Waals surface area contributed by atoms with Gasteiger partial charge in [0.15, 0.2) is 0 Å². The molecule has 2 bridgehead atoms. The third-order valence-electron chi connectivity index (χ3n) is 7.55. The van der Waals surface area contributed by atoms with Crippen molar-refractivity contribution < 1.29 is 19.7 Å². The van der Waals surface area contributed by atoms with Crippen molar-refractivity contribution in [3.63, 3.8) is 0 Å². The normalized spacial score (nSPS) is 38.5. The van der Waals surface area contributed by atoms with E-state index in [0.29, 0.717) is 12.8 Å². The summed E-state index contributed by atoms with van der Waals surface area (Å²) in [5.41, 5.74) is 0.875. The van der Waals surface area contributed by atoms with Crippen LogP contribution in [0, 0.1) is 11.8 Å². The summed E-state index contributed by atoms with van der Waals surface area (Å²) in [6, 6.07) is 5.62. The number of phenolic OH excluding ortho intramolecular Hbond substituents is 1. The van der Waals surface area contributed by atoms with Crippen molar-refractivity contribution in [3.8, 4) is 5.75 Å². The van der Waals surface area contributed by atoms with Gasteiger partial charge in [-0.05, 0) is 74.2 Å². The molecule has 26 heavy (non-hydrogen) atoms. The number of nitrogens with zero attached hydrogens (tertiary/aromatic N) is 1. The van der Waals surface area contributed by atoms with Gasteiger partial charge in [-0.2, -0.15) is 0 Å². The Balaban J connectivity index is 1.62. The number of likely N-dealkylation sites (tertiary alicyclic amines) is 1. The fourth-order valence-electron chi connectivity index (χ4n) is 6.16. The zero-order valence-corrected chi connectivity index (χ0v) is 15.3. The van der Waals surface area contributed by atoms with Gasteiger partial charge < -0.3 is 14.9 Å². The van der Waals surface area contributed by atoms with E-state index in [-0.39, 0.29) is 23.7 Å². The molecule has 5 rings (SSSR count). The highest BCUT2D eigenvalue weighted by molar-refractivity contribution is 5.74. The quantitative estimate of drug-likeness (QED) is 0.810. The average Bonchev–Trinajstić information content (AvgIpc) is 3.37. The van der Waals surface area contributed by atoms with E-state index in [1.807, 2.05) is 12.1 Å². The van der Waals surface area contributed by atoms with E-state index in [2.05, 4.69) is 4.90 Å². The van der Waals surface area contributed by atoms with Gasteiger partial charge in [-0.15, -0.1) is 0 Å². The lowest BCUT2D eigenvalue weighted by Gasteiger charge is -2.59. The van der Waals surface area contributed by atoms with Gasteiger partial charge in [-0.25, -0.2) is 0 Å². The molecule has 140 valence electrons. The number of methoxy groups -OCH3 is 1. The molecule has 1 saturated heterocycles. The standard InChI is InChI=1S/C21H27NO4/c1-26-19(24)15-10-20-6-7-22(12-13-2-3-13)18(21(20,25)11-15)8-14-4-5-16(23)9-17(14)20/h4-5,9,13,15,18,23,25H,2-3,6-8,10-12H2,1H3. The predicted octanol–water partition coefficient (Wildman–Crippen LogP) is 1.98. The summed E-state index contributed by atoms with van der Waals surface area (Å²) in [6.07, 6.45) is 5.27. The molecule has 2 N–H and O–H groups in total. The molecule has 4 aliphatic rings. The summed E-state index contributed by atoms with van der Waals surface area (Å²) in [6.45, 7) is 2.01. The van der Waals surface area contributed by atoms with E-state index in [1.54, 1.807) is 6.07 Å². The summed E-state index contributed by atoms with van der Waals surface area (Å²) in [5.74, 6) is 0.510. The average molecular weight is 357 g/mol. The highest BCUT2D eigenvalue weighted by Gasteiger charge is 2.68. The molecule has 5 nitrogen and oxygen atoms in total. The number of fused-ring (bicyclic) bond motifs is 1. The van der Waals surface area contributed by atoms with Crippen molar-refractivity contribution in [1.82, 2.24) is 4.90 Å². The number of hydrogen-bond acceptors (Lipinski definition) is 5. The minimum atomic E-state index is -0.931. The largest absolute Gasteiger partial charge is 0.508 e. The second-order valence-corrected chi connectivity index (χ2v) is 8.88. The molecule has 0 amide bonds. The van der Waals surface area contributed by atoms with Crippen LogP contribution in [0.4, 0.5) is 0 Å². The second-order valence-electron chi connectivity index (χ2n) is 8.88. The van der Waals surface area contributed by atoms with Crippen LogP contribution in [-0.2, 0) is 21.4 Å². The Labute approximate surface area is 154 Å². The predicted molar refractivity (Wildman–Crippen MR) is 95.9 cm³/mol. The number of esters is 1. The van der Waals surface area contributed by atoms with Crippen LogP contribution in [0.3, 0.4) is 0 Å². The zero-order valence-electron chi connectivity index (χ0n) is 15.3. The topological polar surface area (TPSA) is 70.0 Å². The molecular weight excluding hydrogens is 330 g/mol. The number of aliphatic hydroxyl groups is 1. The maximum atomic E-state index is 12.3. The minimum absolute atomic E-state index is 0.0450. The fraction of sp³-hybridized carbons (Fsp3) is 0.667. The lowest BCUT2D eigenvalue weighted by atomic mass is 9.56. The van der Waals surface area contributed by atoms with Gasteiger partial charge in [0.1, 0.15) is 5.75 Å². The molecule has 3 fully saturated rings. The molecule has 5 heteroatoms. The van der Waals surface area contributed by atoms with E-state index >= 15 is 0 Å².